The van der Waals surface area contributed by atoms with Gasteiger partial charge in [0.05, 0.1) is 18.7 Å². The summed E-state index contributed by atoms with van der Waals surface area (Å²) in [5.74, 6) is -0.122. The summed E-state index contributed by atoms with van der Waals surface area (Å²) in [5.41, 5.74) is 0.953. The summed E-state index contributed by atoms with van der Waals surface area (Å²) < 4.78 is 15.1. The molecule has 150 valence electrons. The number of carbonyl (C=O) groups excluding carboxylic acids is 2. The van der Waals surface area contributed by atoms with Crippen molar-refractivity contribution in [1.82, 2.24) is 0 Å². The lowest BCUT2D eigenvalue weighted by molar-refractivity contribution is -0.145. The van der Waals surface area contributed by atoms with Gasteiger partial charge in [0.2, 0.25) is 0 Å². The van der Waals surface area contributed by atoms with Crippen molar-refractivity contribution in [3.8, 4) is 17.6 Å². The molecule has 0 aliphatic carbocycles. The quantitative estimate of drug-likeness (QED) is 0.400. The molecule has 0 fully saturated rings. The first-order chi connectivity index (χ1) is 14.0. The van der Waals surface area contributed by atoms with E-state index in [0.29, 0.717) is 17.0 Å². The lowest BCUT2D eigenvalue weighted by atomic mass is 10.1. The zero-order chi connectivity index (χ0) is 21.2. The average Bonchev–Trinajstić information content (AvgIpc) is 2.72. The third-order valence-corrected chi connectivity index (χ3v) is 3.93. The predicted molar refractivity (Wildman–Crippen MR) is 109 cm³/mol. The lowest BCUT2D eigenvalue weighted by Crippen LogP contribution is -2.14. The first-order valence-corrected chi connectivity index (χ1v) is 8.99. The molecule has 0 saturated heterocycles. The molecule has 2 aromatic rings. The van der Waals surface area contributed by atoms with E-state index in [2.05, 4.69) is 5.32 Å². The highest BCUT2D eigenvalue weighted by atomic mass is 35.5. The third-order valence-electron chi connectivity index (χ3n) is 3.63. The molecular formula is C21H19ClN2O5. The molecule has 0 saturated carbocycles. The molecule has 2 rings (SSSR count). The molecule has 0 bridgehead atoms. The fourth-order valence-corrected chi connectivity index (χ4v) is 2.49. The fourth-order valence-electron chi connectivity index (χ4n) is 2.25. The Balaban J connectivity index is 2.09. The molecule has 0 radical (unpaired) electrons. The summed E-state index contributed by atoms with van der Waals surface area (Å²) in [7, 11) is 1.54. The van der Waals surface area contributed by atoms with E-state index in [1.54, 1.807) is 50.4 Å². The maximum atomic E-state index is 12.4. The van der Waals surface area contributed by atoms with Gasteiger partial charge < -0.3 is 19.5 Å². The Morgan fingerprint density at radius 1 is 1.21 bits per heavy atom. The number of anilines is 1. The van der Waals surface area contributed by atoms with Gasteiger partial charge in [-0.2, -0.15) is 5.26 Å². The van der Waals surface area contributed by atoms with Crippen LogP contribution in [-0.2, 0) is 14.3 Å². The average molecular weight is 415 g/mol. The van der Waals surface area contributed by atoms with Crippen molar-refractivity contribution in [3.63, 3.8) is 0 Å². The van der Waals surface area contributed by atoms with Crippen molar-refractivity contribution in [2.75, 3.05) is 25.6 Å². The van der Waals surface area contributed by atoms with Gasteiger partial charge in [0.15, 0.2) is 6.61 Å². The van der Waals surface area contributed by atoms with Crippen molar-refractivity contribution in [2.45, 2.75) is 6.92 Å². The first kappa shape index (κ1) is 21.8. The van der Waals surface area contributed by atoms with Crippen LogP contribution in [0.5, 0.6) is 11.5 Å². The summed E-state index contributed by atoms with van der Waals surface area (Å²) in [6.45, 7) is 1.69. The lowest BCUT2D eigenvalue weighted by Gasteiger charge is -2.08. The van der Waals surface area contributed by atoms with Gasteiger partial charge in [-0.1, -0.05) is 17.7 Å². The number of amides is 1. The second-order valence-electron chi connectivity index (χ2n) is 5.64. The molecule has 0 spiro atoms. The second kappa shape index (κ2) is 10.7. The van der Waals surface area contributed by atoms with Crippen LogP contribution >= 0.6 is 11.6 Å². The number of methoxy groups -OCH3 is 1. The minimum absolute atomic E-state index is 0.0999. The summed E-state index contributed by atoms with van der Waals surface area (Å²) in [6.07, 6.45) is 1.40. The number of esters is 1. The summed E-state index contributed by atoms with van der Waals surface area (Å²) >= 11 is 6.15. The van der Waals surface area contributed by atoms with E-state index in [4.69, 9.17) is 25.8 Å². The Kier molecular flexibility index (Phi) is 8.07. The van der Waals surface area contributed by atoms with E-state index < -0.39 is 11.9 Å². The minimum atomic E-state index is -0.559. The minimum Gasteiger partial charge on any atom is -0.497 e. The summed E-state index contributed by atoms with van der Waals surface area (Å²) in [4.78, 5) is 23.7. The second-order valence-corrected chi connectivity index (χ2v) is 6.04. The van der Waals surface area contributed by atoms with E-state index in [-0.39, 0.29) is 29.6 Å². The Morgan fingerprint density at radius 2 is 1.93 bits per heavy atom. The highest BCUT2D eigenvalue weighted by Gasteiger charge is 2.11. The van der Waals surface area contributed by atoms with Crippen LogP contribution < -0.4 is 14.8 Å². The van der Waals surface area contributed by atoms with Crippen LogP contribution in [-0.4, -0.2) is 32.2 Å². The van der Waals surface area contributed by atoms with E-state index in [0.717, 1.165) is 0 Å². The van der Waals surface area contributed by atoms with Gasteiger partial charge in [-0.05, 0) is 55.0 Å². The number of rotatable bonds is 8. The van der Waals surface area contributed by atoms with Crippen LogP contribution in [0.25, 0.3) is 6.08 Å². The van der Waals surface area contributed by atoms with E-state index in [1.807, 2.05) is 6.07 Å². The van der Waals surface area contributed by atoms with Crippen molar-refractivity contribution in [1.29, 1.82) is 5.26 Å². The van der Waals surface area contributed by atoms with Crippen LogP contribution in [0.2, 0.25) is 5.02 Å². The third kappa shape index (κ3) is 6.55. The van der Waals surface area contributed by atoms with Gasteiger partial charge in [0.1, 0.15) is 23.1 Å². The smallest absolute Gasteiger partial charge is 0.344 e. The number of ether oxygens (including phenoxy) is 3. The predicted octanol–water partition coefficient (Wildman–Crippen LogP) is 3.84. The molecule has 0 atom stereocenters. The molecule has 1 amide bonds. The Bertz CT molecular complexity index is 949. The molecule has 1 N–H and O–H groups in total. The van der Waals surface area contributed by atoms with Gasteiger partial charge in [0, 0.05) is 5.69 Å². The van der Waals surface area contributed by atoms with Gasteiger partial charge >= 0.3 is 5.97 Å². The topological polar surface area (TPSA) is 97.7 Å². The Morgan fingerprint density at radius 3 is 2.52 bits per heavy atom. The number of nitriles is 1. The van der Waals surface area contributed by atoms with Crippen molar-refractivity contribution in [2.24, 2.45) is 0 Å². The van der Waals surface area contributed by atoms with Crippen LogP contribution in [0.15, 0.2) is 48.0 Å². The summed E-state index contributed by atoms with van der Waals surface area (Å²) in [6, 6.07) is 13.3. The number of halogens is 1. The van der Waals surface area contributed by atoms with Gasteiger partial charge in [0.25, 0.3) is 5.91 Å². The van der Waals surface area contributed by atoms with Crippen molar-refractivity contribution >= 4 is 35.2 Å². The highest BCUT2D eigenvalue weighted by molar-refractivity contribution is 6.32. The van der Waals surface area contributed by atoms with Gasteiger partial charge in [-0.3, -0.25) is 4.79 Å². The van der Waals surface area contributed by atoms with E-state index in [1.165, 1.54) is 12.1 Å². The molecule has 0 heterocycles. The van der Waals surface area contributed by atoms with Gasteiger partial charge in [-0.15, -0.1) is 0 Å². The molecule has 8 heteroatoms. The number of benzene rings is 2. The van der Waals surface area contributed by atoms with Gasteiger partial charge in [-0.25, -0.2) is 4.79 Å². The monoisotopic (exact) mass is 414 g/mol. The molecule has 7 nitrogen and oxygen atoms in total. The molecular weight excluding hydrogens is 396 g/mol. The molecule has 0 aromatic heterocycles. The van der Waals surface area contributed by atoms with Crippen molar-refractivity contribution < 1.29 is 23.8 Å². The highest BCUT2D eigenvalue weighted by Crippen LogP contribution is 2.26. The molecule has 0 aliphatic heterocycles. The molecule has 0 aliphatic rings. The largest absolute Gasteiger partial charge is 0.497 e. The number of hydrogen-bond acceptors (Lipinski definition) is 6. The molecule has 2 aromatic carbocycles. The Hall–Kier alpha value is -3.50. The maximum absolute atomic E-state index is 12.4. The number of nitrogens with zero attached hydrogens (tertiary/aromatic N) is 1. The zero-order valence-electron chi connectivity index (χ0n) is 15.9. The molecule has 29 heavy (non-hydrogen) atoms. The van der Waals surface area contributed by atoms with Crippen LogP contribution in [0.3, 0.4) is 0 Å². The maximum Gasteiger partial charge on any atom is 0.344 e. The number of hydrogen-bond donors (Lipinski definition) is 1. The first-order valence-electron chi connectivity index (χ1n) is 8.62. The van der Waals surface area contributed by atoms with Crippen LogP contribution in [0.4, 0.5) is 5.69 Å². The molecule has 0 unspecified atom stereocenters. The van der Waals surface area contributed by atoms with Crippen LogP contribution in [0.1, 0.15) is 12.5 Å². The Labute approximate surface area is 173 Å². The van der Waals surface area contributed by atoms with E-state index >= 15 is 0 Å². The van der Waals surface area contributed by atoms with Crippen molar-refractivity contribution in [3.05, 3.63) is 58.6 Å². The van der Waals surface area contributed by atoms with Crippen LogP contribution in [0, 0.1) is 11.3 Å². The number of carbonyl (C=O) groups is 2. The normalized spacial score (nSPS) is 10.6. The summed E-state index contributed by atoms with van der Waals surface area (Å²) in [5, 5.41) is 12.2. The standard InChI is InChI=1S/C21H19ClN2O5/c1-3-28-20(25)13-29-19-9-4-14(11-18(19)22)10-15(12-23)21(26)24-16-5-7-17(27-2)8-6-16/h4-11H,3,13H2,1-2H3,(H,24,26)/b15-10+. The van der Waals surface area contributed by atoms with E-state index in [9.17, 15) is 14.9 Å². The SMILES string of the molecule is CCOC(=O)COc1ccc(/C=C(\C#N)C(=O)Nc2ccc(OC)cc2)cc1Cl. The number of nitrogens with one attached hydrogen (secondary N) is 1. The fraction of sp³-hybridized carbons (Fsp3) is 0.190. The zero-order valence-corrected chi connectivity index (χ0v) is 16.7.